The molecular formula is C33H55N5O6. The Morgan fingerprint density at radius 2 is 1.34 bits per heavy atom. The van der Waals surface area contributed by atoms with Gasteiger partial charge in [0.15, 0.2) is 0 Å². The van der Waals surface area contributed by atoms with Crippen LogP contribution in [-0.2, 0) is 30.4 Å². The van der Waals surface area contributed by atoms with Crippen LogP contribution in [0.2, 0.25) is 0 Å². The van der Waals surface area contributed by atoms with Crippen molar-refractivity contribution in [3.05, 3.63) is 35.9 Å². The van der Waals surface area contributed by atoms with Gasteiger partial charge < -0.3 is 32.1 Å². The molecule has 0 aliphatic heterocycles. The molecular weight excluding hydrogens is 562 g/mol. The molecule has 4 amide bonds. The lowest BCUT2D eigenvalue weighted by Crippen LogP contribution is -2.58. The van der Waals surface area contributed by atoms with Crippen LogP contribution in [0.15, 0.2) is 30.3 Å². The van der Waals surface area contributed by atoms with Gasteiger partial charge >= 0.3 is 5.97 Å². The highest BCUT2D eigenvalue weighted by molar-refractivity contribution is 5.91. The first-order valence-electron chi connectivity index (χ1n) is 15.8. The molecule has 0 aromatic heterocycles. The summed E-state index contributed by atoms with van der Waals surface area (Å²) in [6.07, 6.45) is 1.45. The van der Waals surface area contributed by atoms with Gasteiger partial charge in [0, 0.05) is 24.9 Å². The molecule has 7 N–H and O–H groups in total. The molecule has 11 heteroatoms. The molecule has 11 nitrogen and oxygen atoms in total. The summed E-state index contributed by atoms with van der Waals surface area (Å²) in [6, 6.07) is 5.12. The van der Waals surface area contributed by atoms with Crippen LogP contribution in [0.4, 0.5) is 0 Å². The zero-order valence-corrected chi connectivity index (χ0v) is 27.7. The highest BCUT2D eigenvalue weighted by Gasteiger charge is 2.33. The van der Waals surface area contributed by atoms with E-state index < -0.39 is 48.0 Å². The third-order valence-electron chi connectivity index (χ3n) is 7.56. The second-order valence-electron chi connectivity index (χ2n) is 13.0. The number of nitrogens with one attached hydrogen (secondary N) is 4. The molecule has 0 fully saturated rings. The van der Waals surface area contributed by atoms with Crippen molar-refractivity contribution in [1.29, 1.82) is 0 Å². The summed E-state index contributed by atoms with van der Waals surface area (Å²) >= 11 is 0. The normalized spacial score (nSPS) is 15.5. The van der Waals surface area contributed by atoms with Gasteiger partial charge in [-0.15, -0.1) is 0 Å². The number of benzene rings is 1. The quantitative estimate of drug-likeness (QED) is 0.138. The number of carboxylic acid groups (broad SMARTS) is 1. The molecule has 1 aromatic rings. The number of hydrogen-bond acceptors (Lipinski definition) is 6. The zero-order valence-electron chi connectivity index (χ0n) is 27.7. The summed E-state index contributed by atoms with van der Waals surface area (Å²) in [4.78, 5) is 64.1. The van der Waals surface area contributed by atoms with Gasteiger partial charge in [-0.3, -0.25) is 19.2 Å². The Labute approximate surface area is 262 Å². The highest BCUT2D eigenvalue weighted by atomic mass is 16.4. The van der Waals surface area contributed by atoms with Crippen LogP contribution in [0.5, 0.6) is 0 Å². The maximum absolute atomic E-state index is 13.5. The molecule has 0 radical (unpaired) electrons. The van der Waals surface area contributed by atoms with E-state index >= 15 is 0 Å². The Morgan fingerprint density at radius 3 is 1.84 bits per heavy atom. The Kier molecular flexibility index (Phi) is 16.7. The molecule has 248 valence electrons. The molecule has 2 unspecified atom stereocenters. The number of carbonyl (C=O) groups excluding carboxylic acids is 4. The average Bonchev–Trinajstić information content (AvgIpc) is 2.92. The van der Waals surface area contributed by atoms with Crippen molar-refractivity contribution in [2.75, 3.05) is 0 Å². The largest absolute Gasteiger partial charge is 0.480 e. The lowest BCUT2D eigenvalue weighted by molar-refractivity contribution is -0.143. The van der Waals surface area contributed by atoms with Crippen LogP contribution in [0, 0.1) is 23.7 Å². The molecule has 0 bridgehead atoms. The smallest absolute Gasteiger partial charge is 0.326 e. The molecule has 0 heterocycles. The van der Waals surface area contributed by atoms with Crippen molar-refractivity contribution in [2.24, 2.45) is 29.4 Å². The van der Waals surface area contributed by atoms with E-state index in [1.807, 2.05) is 65.0 Å². The second-order valence-corrected chi connectivity index (χ2v) is 13.0. The minimum atomic E-state index is -1.15. The standard InChI is InChI=1S/C33H55N5O6/c1-9-22(8)30(32(42)38-29(21(6)7)33(43)44)37-28(40)18-24(34)25(17-23-13-11-10-12-14-23)36-31(41)26(15-19(2)3)35-27(39)16-20(4)5/h10-14,19-22,24-26,29-30H,9,15-18,34H2,1-8H3,(H,35,39)(H,36,41)(H,37,40)(H,38,42)(H,43,44)/t22-,24-,25-,26?,29?,30-/m0/s1. The van der Waals surface area contributed by atoms with E-state index in [4.69, 9.17) is 5.73 Å². The first kappa shape index (κ1) is 38.6. The Bertz CT molecular complexity index is 1080. The molecule has 1 aromatic carbocycles. The first-order chi connectivity index (χ1) is 20.5. The molecule has 44 heavy (non-hydrogen) atoms. The SMILES string of the molecule is CC[C@H](C)[C@H](NC(=O)C[C@H](N)[C@H](Cc1ccccc1)NC(=O)C(CC(C)C)NC(=O)CC(C)C)C(=O)NC(C(=O)O)C(C)C. The first-order valence-corrected chi connectivity index (χ1v) is 15.8. The van der Waals surface area contributed by atoms with Gasteiger partial charge in [0.1, 0.15) is 18.1 Å². The summed E-state index contributed by atoms with van der Waals surface area (Å²) in [5.74, 6) is -3.16. The van der Waals surface area contributed by atoms with E-state index in [1.54, 1.807) is 20.8 Å². The fraction of sp³-hybridized carbons (Fsp3) is 0.667. The summed E-state index contributed by atoms with van der Waals surface area (Å²) in [6.45, 7) is 14.9. The van der Waals surface area contributed by atoms with Crippen molar-refractivity contribution < 1.29 is 29.1 Å². The van der Waals surface area contributed by atoms with Crippen molar-refractivity contribution in [1.82, 2.24) is 21.3 Å². The Balaban J connectivity index is 3.15. The third-order valence-corrected chi connectivity index (χ3v) is 7.56. The number of nitrogens with two attached hydrogens (primary N) is 1. The van der Waals surface area contributed by atoms with E-state index in [-0.39, 0.29) is 41.9 Å². The van der Waals surface area contributed by atoms with Crippen molar-refractivity contribution in [3.8, 4) is 0 Å². The lowest BCUT2D eigenvalue weighted by Gasteiger charge is -2.30. The minimum Gasteiger partial charge on any atom is -0.480 e. The van der Waals surface area contributed by atoms with E-state index in [9.17, 15) is 29.1 Å². The fourth-order valence-corrected chi connectivity index (χ4v) is 4.83. The van der Waals surface area contributed by atoms with Crippen molar-refractivity contribution >= 4 is 29.6 Å². The van der Waals surface area contributed by atoms with Crippen LogP contribution in [0.3, 0.4) is 0 Å². The molecule has 6 atom stereocenters. The lowest BCUT2D eigenvalue weighted by atomic mass is 9.94. The van der Waals surface area contributed by atoms with Gasteiger partial charge in [0.2, 0.25) is 23.6 Å². The van der Waals surface area contributed by atoms with Crippen LogP contribution in [-0.4, -0.2) is 64.9 Å². The number of rotatable bonds is 19. The molecule has 0 saturated heterocycles. The number of hydrogen-bond donors (Lipinski definition) is 6. The summed E-state index contributed by atoms with van der Waals surface area (Å²) in [7, 11) is 0. The van der Waals surface area contributed by atoms with Crippen LogP contribution >= 0.6 is 0 Å². The number of amides is 4. The monoisotopic (exact) mass is 617 g/mol. The van der Waals surface area contributed by atoms with Gasteiger partial charge in [0.05, 0.1) is 0 Å². The molecule has 0 spiro atoms. The zero-order chi connectivity index (χ0) is 33.6. The van der Waals surface area contributed by atoms with Gasteiger partial charge in [-0.05, 0) is 42.1 Å². The van der Waals surface area contributed by atoms with Crippen molar-refractivity contribution in [3.63, 3.8) is 0 Å². The summed E-state index contributed by atoms with van der Waals surface area (Å²) < 4.78 is 0. The second kappa shape index (κ2) is 19.0. The maximum Gasteiger partial charge on any atom is 0.326 e. The molecule has 0 aliphatic carbocycles. The topological polar surface area (TPSA) is 180 Å². The number of aliphatic carboxylic acids is 1. The van der Waals surface area contributed by atoms with Crippen LogP contribution in [0.25, 0.3) is 0 Å². The Morgan fingerprint density at radius 1 is 0.750 bits per heavy atom. The average molecular weight is 618 g/mol. The number of carbonyl (C=O) groups is 5. The molecule has 0 saturated carbocycles. The van der Waals surface area contributed by atoms with Crippen LogP contribution in [0.1, 0.15) is 86.6 Å². The predicted octanol–water partition coefficient (Wildman–Crippen LogP) is 2.76. The van der Waals surface area contributed by atoms with Gasteiger partial charge in [0.25, 0.3) is 0 Å². The van der Waals surface area contributed by atoms with E-state index in [1.165, 1.54) is 0 Å². The van der Waals surface area contributed by atoms with Gasteiger partial charge in [-0.1, -0.05) is 92.1 Å². The summed E-state index contributed by atoms with van der Waals surface area (Å²) in [5, 5.41) is 20.7. The van der Waals surface area contributed by atoms with Gasteiger partial charge in [-0.25, -0.2) is 4.79 Å². The fourth-order valence-electron chi connectivity index (χ4n) is 4.83. The van der Waals surface area contributed by atoms with Crippen LogP contribution < -0.4 is 27.0 Å². The summed E-state index contributed by atoms with van der Waals surface area (Å²) in [5.41, 5.74) is 7.47. The van der Waals surface area contributed by atoms with E-state index in [2.05, 4.69) is 21.3 Å². The van der Waals surface area contributed by atoms with E-state index in [0.29, 0.717) is 25.7 Å². The van der Waals surface area contributed by atoms with E-state index in [0.717, 1.165) is 5.56 Å². The minimum absolute atomic E-state index is 0.136. The molecule has 0 aliphatic rings. The van der Waals surface area contributed by atoms with Gasteiger partial charge in [-0.2, -0.15) is 0 Å². The number of carboxylic acids is 1. The third kappa shape index (κ3) is 13.9. The Hall–Kier alpha value is -3.47. The predicted molar refractivity (Wildman–Crippen MR) is 171 cm³/mol. The molecule has 1 rings (SSSR count). The van der Waals surface area contributed by atoms with Crippen molar-refractivity contribution in [2.45, 2.75) is 118 Å². The highest BCUT2D eigenvalue weighted by Crippen LogP contribution is 2.14. The maximum atomic E-state index is 13.5.